The van der Waals surface area contributed by atoms with Crippen molar-refractivity contribution in [3.8, 4) is 0 Å². The molecule has 2 aromatic rings. The van der Waals surface area contributed by atoms with Gasteiger partial charge in [0.2, 0.25) is 5.91 Å². The highest BCUT2D eigenvalue weighted by atomic mass is 16.2. The number of benzene rings is 2. The van der Waals surface area contributed by atoms with Gasteiger partial charge in [0, 0.05) is 29.4 Å². The molecule has 0 spiro atoms. The average molecular weight is 334 g/mol. The van der Waals surface area contributed by atoms with Crippen LogP contribution in [-0.2, 0) is 11.2 Å². The minimum atomic E-state index is -0.125. The van der Waals surface area contributed by atoms with Gasteiger partial charge in [-0.1, -0.05) is 23.8 Å². The third-order valence-corrected chi connectivity index (χ3v) is 4.93. The maximum Gasteiger partial charge on any atom is 0.255 e. The second-order valence-electron chi connectivity index (χ2n) is 7.03. The van der Waals surface area contributed by atoms with Crippen molar-refractivity contribution in [1.29, 1.82) is 0 Å². The first-order chi connectivity index (χ1) is 12.1. The van der Waals surface area contributed by atoms with Gasteiger partial charge in [0.1, 0.15) is 0 Å². The first kappa shape index (κ1) is 15.9. The standard InChI is InChI=1S/C21H22N2O2/c1-14-4-2-5-17(12-14)20(24)22-18-10-9-15-6-3-11-23(19(15)13-18)21(25)16-7-8-16/h2,4-5,9-10,12-13,16H,3,6-8,11H2,1H3,(H,22,24). The number of nitrogens with zero attached hydrogens (tertiary/aromatic N) is 1. The summed E-state index contributed by atoms with van der Waals surface area (Å²) in [6, 6.07) is 13.4. The highest BCUT2D eigenvalue weighted by molar-refractivity contribution is 6.05. The molecule has 1 heterocycles. The predicted molar refractivity (Wildman–Crippen MR) is 99.0 cm³/mol. The van der Waals surface area contributed by atoms with Crippen LogP contribution in [-0.4, -0.2) is 18.4 Å². The van der Waals surface area contributed by atoms with Crippen molar-refractivity contribution in [2.45, 2.75) is 32.6 Å². The molecule has 25 heavy (non-hydrogen) atoms. The van der Waals surface area contributed by atoms with Crippen LogP contribution in [0.4, 0.5) is 11.4 Å². The molecule has 128 valence electrons. The van der Waals surface area contributed by atoms with Gasteiger partial charge in [0.15, 0.2) is 0 Å². The Morgan fingerprint density at radius 1 is 1.12 bits per heavy atom. The van der Waals surface area contributed by atoms with Crippen molar-refractivity contribution in [3.63, 3.8) is 0 Å². The van der Waals surface area contributed by atoms with Gasteiger partial charge in [0.25, 0.3) is 5.91 Å². The number of hydrogen-bond donors (Lipinski definition) is 1. The highest BCUT2D eigenvalue weighted by Crippen LogP contribution is 2.36. The van der Waals surface area contributed by atoms with Crippen LogP contribution >= 0.6 is 0 Å². The summed E-state index contributed by atoms with van der Waals surface area (Å²) >= 11 is 0. The molecule has 1 N–H and O–H groups in total. The number of carbonyl (C=O) groups is 2. The number of carbonyl (C=O) groups excluding carboxylic acids is 2. The highest BCUT2D eigenvalue weighted by Gasteiger charge is 2.35. The van der Waals surface area contributed by atoms with Crippen LogP contribution in [0.15, 0.2) is 42.5 Å². The van der Waals surface area contributed by atoms with E-state index < -0.39 is 0 Å². The van der Waals surface area contributed by atoms with Gasteiger partial charge in [-0.3, -0.25) is 9.59 Å². The second-order valence-corrected chi connectivity index (χ2v) is 7.03. The maximum absolute atomic E-state index is 12.6. The van der Waals surface area contributed by atoms with E-state index in [2.05, 4.69) is 5.32 Å². The van der Waals surface area contributed by atoms with Crippen molar-refractivity contribution in [1.82, 2.24) is 0 Å². The van der Waals surface area contributed by atoms with E-state index in [-0.39, 0.29) is 17.7 Å². The zero-order valence-corrected chi connectivity index (χ0v) is 14.4. The van der Waals surface area contributed by atoms with Crippen LogP contribution in [0.3, 0.4) is 0 Å². The van der Waals surface area contributed by atoms with Crippen LogP contribution in [0.5, 0.6) is 0 Å². The molecule has 1 saturated carbocycles. The molecule has 0 aromatic heterocycles. The monoisotopic (exact) mass is 334 g/mol. The lowest BCUT2D eigenvalue weighted by atomic mass is 10.0. The molecular weight excluding hydrogens is 312 g/mol. The normalized spacial score (nSPS) is 16.3. The third kappa shape index (κ3) is 3.29. The summed E-state index contributed by atoms with van der Waals surface area (Å²) in [6.45, 7) is 2.74. The van der Waals surface area contributed by atoms with Crippen LogP contribution in [0.1, 0.15) is 40.7 Å². The quantitative estimate of drug-likeness (QED) is 0.924. The molecule has 0 atom stereocenters. The zero-order valence-electron chi connectivity index (χ0n) is 14.4. The Labute approximate surface area is 147 Å². The Bertz CT molecular complexity index is 840. The number of amides is 2. The predicted octanol–water partition coefficient (Wildman–Crippen LogP) is 3.94. The lowest BCUT2D eigenvalue weighted by Crippen LogP contribution is -2.36. The number of aryl methyl sites for hydroxylation is 2. The Balaban J connectivity index is 1.58. The molecule has 2 amide bonds. The van der Waals surface area contributed by atoms with Crippen LogP contribution in [0, 0.1) is 12.8 Å². The van der Waals surface area contributed by atoms with E-state index in [0.717, 1.165) is 49.2 Å². The van der Waals surface area contributed by atoms with Gasteiger partial charge in [-0.15, -0.1) is 0 Å². The molecule has 1 fully saturated rings. The van der Waals surface area contributed by atoms with Gasteiger partial charge in [-0.05, 0) is 62.4 Å². The molecule has 4 rings (SSSR count). The van der Waals surface area contributed by atoms with E-state index in [0.29, 0.717) is 5.56 Å². The van der Waals surface area contributed by atoms with Crippen molar-refractivity contribution >= 4 is 23.2 Å². The van der Waals surface area contributed by atoms with Crippen LogP contribution in [0.2, 0.25) is 0 Å². The molecule has 2 aliphatic rings. The third-order valence-electron chi connectivity index (χ3n) is 4.93. The molecule has 0 bridgehead atoms. The van der Waals surface area contributed by atoms with E-state index in [1.807, 2.05) is 54.3 Å². The zero-order chi connectivity index (χ0) is 17.4. The second kappa shape index (κ2) is 6.36. The van der Waals surface area contributed by atoms with Crippen molar-refractivity contribution in [3.05, 3.63) is 59.2 Å². The van der Waals surface area contributed by atoms with Crippen LogP contribution < -0.4 is 10.2 Å². The molecule has 0 saturated heterocycles. The van der Waals surface area contributed by atoms with Crippen molar-refractivity contribution < 1.29 is 9.59 Å². The lowest BCUT2D eigenvalue weighted by Gasteiger charge is -2.30. The summed E-state index contributed by atoms with van der Waals surface area (Å²) in [4.78, 5) is 26.9. The maximum atomic E-state index is 12.6. The fourth-order valence-corrected chi connectivity index (χ4v) is 3.42. The summed E-state index contributed by atoms with van der Waals surface area (Å²) in [6.07, 6.45) is 4.00. The van der Waals surface area contributed by atoms with E-state index in [1.54, 1.807) is 0 Å². The Hall–Kier alpha value is -2.62. The topological polar surface area (TPSA) is 49.4 Å². The minimum Gasteiger partial charge on any atom is -0.322 e. The molecule has 4 heteroatoms. The van der Waals surface area contributed by atoms with Crippen molar-refractivity contribution in [2.75, 3.05) is 16.8 Å². The van der Waals surface area contributed by atoms with E-state index >= 15 is 0 Å². The number of nitrogens with one attached hydrogen (secondary N) is 1. The van der Waals surface area contributed by atoms with Crippen LogP contribution in [0.25, 0.3) is 0 Å². The first-order valence-electron chi connectivity index (χ1n) is 8.94. The molecular formula is C21H22N2O2. The minimum absolute atomic E-state index is 0.125. The van der Waals surface area contributed by atoms with E-state index in [4.69, 9.17) is 0 Å². The molecule has 2 aromatic carbocycles. The van der Waals surface area contributed by atoms with Gasteiger partial charge >= 0.3 is 0 Å². The lowest BCUT2D eigenvalue weighted by molar-refractivity contribution is -0.119. The number of rotatable bonds is 3. The van der Waals surface area contributed by atoms with Gasteiger partial charge in [-0.2, -0.15) is 0 Å². The summed E-state index contributed by atoms with van der Waals surface area (Å²) in [7, 11) is 0. The molecule has 1 aliphatic heterocycles. The summed E-state index contributed by atoms with van der Waals surface area (Å²) in [5, 5.41) is 2.96. The molecule has 4 nitrogen and oxygen atoms in total. The fourth-order valence-electron chi connectivity index (χ4n) is 3.42. The van der Waals surface area contributed by atoms with Crippen molar-refractivity contribution in [2.24, 2.45) is 5.92 Å². The number of hydrogen-bond acceptors (Lipinski definition) is 2. The number of anilines is 2. The summed E-state index contributed by atoms with van der Waals surface area (Å²) < 4.78 is 0. The first-order valence-corrected chi connectivity index (χ1v) is 8.94. The molecule has 0 unspecified atom stereocenters. The van der Waals surface area contributed by atoms with E-state index in [9.17, 15) is 9.59 Å². The molecule has 0 radical (unpaired) electrons. The summed E-state index contributed by atoms with van der Waals surface area (Å²) in [5.41, 5.74) is 4.59. The van der Waals surface area contributed by atoms with Gasteiger partial charge in [0.05, 0.1) is 0 Å². The van der Waals surface area contributed by atoms with E-state index in [1.165, 1.54) is 5.56 Å². The Kier molecular flexibility index (Phi) is 4.04. The smallest absolute Gasteiger partial charge is 0.255 e. The van der Waals surface area contributed by atoms with Gasteiger partial charge in [-0.25, -0.2) is 0 Å². The number of fused-ring (bicyclic) bond motifs is 1. The van der Waals surface area contributed by atoms with Gasteiger partial charge < -0.3 is 10.2 Å². The Morgan fingerprint density at radius 2 is 1.96 bits per heavy atom. The SMILES string of the molecule is Cc1cccc(C(=O)Nc2ccc3c(c2)N(C(=O)C2CC2)CCC3)c1. The summed E-state index contributed by atoms with van der Waals surface area (Å²) in [5.74, 6) is 0.319. The molecule has 1 aliphatic carbocycles. The Morgan fingerprint density at radius 3 is 2.72 bits per heavy atom. The largest absolute Gasteiger partial charge is 0.322 e. The fraction of sp³-hybridized carbons (Fsp3) is 0.333. The average Bonchev–Trinajstić information content (AvgIpc) is 3.45.